The quantitative estimate of drug-likeness (QED) is 0.838. The lowest BCUT2D eigenvalue weighted by molar-refractivity contribution is 0.282. The van der Waals surface area contributed by atoms with Crippen LogP contribution in [0.2, 0.25) is 0 Å². The Kier molecular flexibility index (Phi) is 4.17. The van der Waals surface area contributed by atoms with Crippen molar-refractivity contribution in [1.29, 1.82) is 0 Å². The molecule has 0 unspecified atom stereocenters. The molecule has 0 spiro atoms. The number of rotatable bonds is 3. The summed E-state index contributed by atoms with van der Waals surface area (Å²) in [5.74, 6) is 0.773. The predicted molar refractivity (Wildman–Crippen MR) is 83.6 cm³/mol. The van der Waals surface area contributed by atoms with Crippen molar-refractivity contribution >= 4 is 0 Å². The summed E-state index contributed by atoms with van der Waals surface area (Å²) in [4.78, 5) is 0. The van der Waals surface area contributed by atoms with Gasteiger partial charge < -0.3 is 5.11 Å². The summed E-state index contributed by atoms with van der Waals surface area (Å²) in [6.07, 6.45) is 6.88. The molecule has 1 N–H and O–H groups in total. The molecule has 1 heteroatoms. The molecule has 0 radical (unpaired) electrons. The molecule has 1 aliphatic rings. The zero-order valence-electron chi connectivity index (χ0n) is 11.9. The summed E-state index contributed by atoms with van der Waals surface area (Å²) in [6.45, 7) is 0.112. The number of hydrogen-bond donors (Lipinski definition) is 1. The average molecular weight is 266 g/mol. The first-order chi connectivity index (χ1) is 9.86. The molecule has 0 amide bonds. The van der Waals surface area contributed by atoms with E-state index in [2.05, 4.69) is 36.4 Å². The molecule has 1 nitrogen and oxygen atoms in total. The van der Waals surface area contributed by atoms with Gasteiger partial charge in [0.25, 0.3) is 0 Å². The lowest BCUT2D eigenvalue weighted by Gasteiger charge is -2.22. The smallest absolute Gasteiger partial charge is 0.0681 e. The Morgan fingerprint density at radius 1 is 0.750 bits per heavy atom. The summed E-state index contributed by atoms with van der Waals surface area (Å²) in [6, 6.07) is 17.2. The van der Waals surface area contributed by atoms with Gasteiger partial charge in [0.1, 0.15) is 0 Å². The molecule has 0 aliphatic heterocycles. The lowest BCUT2D eigenvalue weighted by Crippen LogP contribution is -2.04. The molecule has 2 aromatic carbocycles. The Morgan fingerprint density at radius 3 is 1.85 bits per heavy atom. The molecule has 20 heavy (non-hydrogen) atoms. The van der Waals surface area contributed by atoms with Gasteiger partial charge in [-0.3, -0.25) is 0 Å². The van der Waals surface area contributed by atoms with Crippen molar-refractivity contribution < 1.29 is 5.11 Å². The normalized spacial score (nSPS) is 16.2. The maximum Gasteiger partial charge on any atom is 0.0681 e. The van der Waals surface area contributed by atoms with E-state index in [1.807, 2.05) is 12.1 Å². The van der Waals surface area contributed by atoms with Crippen molar-refractivity contribution in [3.63, 3.8) is 0 Å². The minimum atomic E-state index is 0.112. The Morgan fingerprint density at radius 2 is 1.30 bits per heavy atom. The molecular weight excluding hydrogens is 244 g/mol. The average Bonchev–Trinajstić information content (AvgIpc) is 2.56. The first kappa shape index (κ1) is 13.4. The molecule has 2 aromatic rings. The molecule has 0 saturated heterocycles. The number of benzene rings is 2. The first-order valence-corrected chi connectivity index (χ1v) is 7.67. The fraction of sp³-hybridized carbons (Fsp3) is 0.368. The van der Waals surface area contributed by atoms with E-state index in [9.17, 15) is 0 Å². The van der Waals surface area contributed by atoms with E-state index >= 15 is 0 Å². The third-order valence-corrected chi connectivity index (χ3v) is 4.46. The van der Waals surface area contributed by atoms with Crippen LogP contribution in [0.3, 0.4) is 0 Å². The van der Waals surface area contributed by atoms with E-state index in [1.54, 1.807) is 0 Å². The van der Waals surface area contributed by atoms with Gasteiger partial charge in [-0.25, -0.2) is 0 Å². The standard InChI is InChI=1S/C19H22O/c20-14-15-6-8-17(9-7-15)19-12-10-18(11-13-19)16-4-2-1-3-5-16/h6-13,16,20H,1-5,14H2. The van der Waals surface area contributed by atoms with Gasteiger partial charge in [0, 0.05) is 0 Å². The van der Waals surface area contributed by atoms with Crippen LogP contribution >= 0.6 is 0 Å². The van der Waals surface area contributed by atoms with Crippen LogP contribution in [0.1, 0.15) is 49.1 Å². The predicted octanol–water partition coefficient (Wildman–Crippen LogP) is 4.89. The largest absolute Gasteiger partial charge is 0.392 e. The monoisotopic (exact) mass is 266 g/mol. The Labute approximate surface area is 121 Å². The minimum Gasteiger partial charge on any atom is -0.392 e. The van der Waals surface area contributed by atoms with Crippen molar-refractivity contribution in [1.82, 2.24) is 0 Å². The summed E-state index contributed by atoms with van der Waals surface area (Å²) in [5.41, 5.74) is 4.94. The highest BCUT2D eigenvalue weighted by Gasteiger charge is 2.15. The van der Waals surface area contributed by atoms with Crippen molar-refractivity contribution in [2.45, 2.75) is 44.6 Å². The van der Waals surface area contributed by atoms with Gasteiger partial charge in [0.05, 0.1) is 6.61 Å². The van der Waals surface area contributed by atoms with E-state index < -0.39 is 0 Å². The van der Waals surface area contributed by atoms with Crippen LogP contribution in [0.4, 0.5) is 0 Å². The Balaban J connectivity index is 1.77. The maximum atomic E-state index is 9.08. The summed E-state index contributed by atoms with van der Waals surface area (Å²) in [5, 5.41) is 9.08. The molecule has 0 aromatic heterocycles. The summed E-state index contributed by atoms with van der Waals surface area (Å²) < 4.78 is 0. The van der Waals surface area contributed by atoms with Gasteiger partial charge in [-0.1, -0.05) is 67.8 Å². The van der Waals surface area contributed by atoms with E-state index in [0.717, 1.165) is 11.5 Å². The fourth-order valence-electron chi connectivity index (χ4n) is 3.19. The van der Waals surface area contributed by atoms with Crippen LogP contribution in [0, 0.1) is 0 Å². The first-order valence-electron chi connectivity index (χ1n) is 7.67. The van der Waals surface area contributed by atoms with Crippen molar-refractivity contribution in [2.75, 3.05) is 0 Å². The van der Waals surface area contributed by atoms with Crippen LogP contribution in [-0.4, -0.2) is 5.11 Å². The molecule has 1 fully saturated rings. The second kappa shape index (κ2) is 6.23. The number of aliphatic hydroxyl groups excluding tert-OH is 1. The summed E-state index contributed by atoms with van der Waals surface area (Å²) in [7, 11) is 0. The molecule has 1 aliphatic carbocycles. The van der Waals surface area contributed by atoms with Gasteiger partial charge in [-0.2, -0.15) is 0 Å². The maximum absolute atomic E-state index is 9.08. The van der Waals surface area contributed by atoms with Gasteiger partial charge in [-0.15, -0.1) is 0 Å². The second-order valence-electron chi connectivity index (χ2n) is 5.81. The van der Waals surface area contributed by atoms with Crippen molar-refractivity contribution in [3.05, 3.63) is 59.7 Å². The second-order valence-corrected chi connectivity index (χ2v) is 5.81. The fourth-order valence-corrected chi connectivity index (χ4v) is 3.19. The highest BCUT2D eigenvalue weighted by molar-refractivity contribution is 5.64. The minimum absolute atomic E-state index is 0.112. The highest BCUT2D eigenvalue weighted by Crippen LogP contribution is 2.33. The van der Waals surface area contributed by atoms with Gasteiger partial charge in [0.15, 0.2) is 0 Å². The molecule has 0 atom stereocenters. The zero-order valence-corrected chi connectivity index (χ0v) is 11.9. The third kappa shape index (κ3) is 2.94. The van der Waals surface area contributed by atoms with E-state index in [0.29, 0.717) is 0 Å². The molecular formula is C19H22O. The van der Waals surface area contributed by atoms with Crippen LogP contribution in [0.15, 0.2) is 48.5 Å². The van der Waals surface area contributed by atoms with Crippen molar-refractivity contribution in [2.24, 2.45) is 0 Å². The van der Waals surface area contributed by atoms with Crippen LogP contribution in [-0.2, 0) is 6.61 Å². The SMILES string of the molecule is OCc1ccc(-c2ccc(C3CCCCC3)cc2)cc1. The Hall–Kier alpha value is -1.60. The van der Waals surface area contributed by atoms with Crippen molar-refractivity contribution in [3.8, 4) is 11.1 Å². The molecule has 1 saturated carbocycles. The molecule has 3 rings (SSSR count). The van der Waals surface area contributed by atoms with Crippen LogP contribution in [0.25, 0.3) is 11.1 Å². The van der Waals surface area contributed by atoms with Gasteiger partial charge in [-0.05, 0) is 41.0 Å². The number of hydrogen-bond acceptors (Lipinski definition) is 1. The van der Waals surface area contributed by atoms with Gasteiger partial charge >= 0.3 is 0 Å². The topological polar surface area (TPSA) is 20.2 Å². The van der Waals surface area contributed by atoms with Crippen LogP contribution in [0.5, 0.6) is 0 Å². The van der Waals surface area contributed by atoms with Crippen LogP contribution < -0.4 is 0 Å². The number of aliphatic hydroxyl groups is 1. The van der Waals surface area contributed by atoms with Gasteiger partial charge in [0.2, 0.25) is 0 Å². The third-order valence-electron chi connectivity index (χ3n) is 4.46. The lowest BCUT2D eigenvalue weighted by atomic mass is 9.84. The summed E-state index contributed by atoms with van der Waals surface area (Å²) >= 11 is 0. The molecule has 104 valence electrons. The van der Waals surface area contributed by atoms with E-state index in [-0.39, 0.29) is 6.61 Å². The molecule has 0 bridgehead atoms. The molecule has 0 heterocycles. The van der Waals surface area contributed by atoms with E-state index in [1.165, 1.54) is 48.8 Å². The zero-order chi connectivity index (χ0) is 13.8. The highest BCUT2D eigenvalue weighted by atomic mass is 16.3. The van der Waals surface area contributed by atoms with E-state index in [4.69, 9.17) is 5.11 Å². The Bertz CT molecular complexity index is 533.